The molecule has 2 aromatic rings. The van der Waals surface area contributed by atoms with Crippen molar-refractivity contribution in [2.45, 2.75) is 30.5 Å². The molecular weight excluding hydrogens is 394 g/mol. The van der Waals surface area contributed by atoms with Crippen molar-refractivity contribution in [1.29, 1.82) is 0 Å². The second-order valence-electron chi connectivity index (χ2n) is 4.84. The minimum Gasteiger partial charge on any atom is -0.207 e. The van der Waals surface area contributed by atoms with Crippen LogP contribution in [0.1, 0.15) is 18.1 Å². The summed E-state index contributed by atoms with van der Waals surface area (Å²) < 4.78 is 28.1. The van der Waals surface area contributed by atoms with E-state index in [0.29, 0.717) is 15.2 Å². The lowest BCUT2D eigenvalue weighted by Crippen LogP contribution is -2.33. The van der Waals surface area contributed by atoms with Crippen molar-refractivity contribution in [2.24, 2.45) is 0 Å². The van der Waals surface area contributed by atoms with E-state index in [1.807, 2.05) is 38.1 Å². The van der Waals surface area contributed by atoms with Crippen LogP contribution in [0, 0.1) is 6.92 Å². The number of hydrogen-bond donors (Lipinski definition) is 1. The van der Waals surface area contributed by atoms with Crippen LogP contribution in [0.3, 0.4) is 0 Å². The largest absolute Gasteiger partial charge is 0.250 e. The monoisotopic (exact) mass is 407 g/mol. The van der Waals surface area contributed by atoms with E-state index in [9.17, 15) is 8.42 Å². The van der Waals surface area contributed by atoms with Crippen LogP contribution in [-0.4, -0.2) is 14.5 Å². The molecule has 1 aromatic heterocycles. The van der Waals surface area contributed by atoms with Gasteiger partial charge in [0, 0.05) is 6.04 Å². The zero-order valence-electron chi connectivity index (χ0n) is 11.6. The van der Waals surface area contributed by atoms with Crippen LogP contribution in [0.5, 0.6) is 0 Å². The van der Waals surface area contributed by atoms with Gasteiger partial charge in [0.25, 0.3) is 0 Å². The lowest BCUT2D eigenvalue weighted by Gasteiger charge is -2.14. The molecule has 21 heavy (non-hydrogen) atoms. The molecule has 1 heterocycles. The number of sulfonamides is 1. The normalized spacial score (nSPS) is 13.3. The smallest absolute Gasteiger partial charge is 0.207 e. The van der Waals surface area contributed by atoms with Crippen molar-refractivity contribution < 1.29 is 8.42 Å². The van der Waals surface area contributed by atoms with Gasteiger partial charge >= 0.3 is 0 Å². The molecule has 1 atom stereocenters. The third-order valence-corrected chi connectivity index (χ3v) is 7.57. The molecule has 0 saturated heterocycles. The van der Waals surface area contributed by atoms with Crippen molar-refractivity contribution in [2.75, 3.05) is 0 Å². The molecule has 0 fully saturated rings. The number of halogens is 2. The quantitative estimate of drug-likeness (QED) is 0.798. The van der Waals surface area contributed by atoms with Gasteiger partial charge in [-0.05, 0) is 53.4 Å². The van der Waals surface area contributed by atoms with E-state index in [-0.39, 0.29) is 10.3 Å². The van der Waals surface area contributed by atoms with Crippen molar-refractivity contribution >= 4 is 48.9 Å². The molecule has 7 heteroatoms. The Bertz CT molecular complexity index is 724. The maximum Gasteiger partial charge on any atom is 0.250 e. The van der Waals surface area contributed by atoms with Gasteiger partial charge in [-0.1, -0.05) is 35.9 Å². The molecule has 1 unspecified atom stereocenters. The summed E-state index contributed by atoms with van der Waals surface area (Å²) in [6.07, 6.45) is 0.645. The number of benzene rings is 1. The molecule has 0 amide bonds. The molecule has 3 nitrogen and oxygen atoms in total. The third kappa shape index (κ3) is 4.29. The molecule has 0 aliphatic heterocycles. The first-order valence-corrected chi connectivity index (χ1v) is 9.78. The maximum absolute atomic E-state index is 12.3. The highest BCUT2D eigenvalue weighted by Gasteiger charge is 2.21. The fourth-order valence-electron chi connectivity index (χ4n) is 1.99. The van der Waals surface area contributed by atoms with Crippen molar-refractivity contribution in [1.82, 2.24) is 4.72 Å². The summed E-state index contributed by atoms with van der Waals surface area (Å²) in [5.41, 5.74) is 2.29. The van der Waals surface area contributed by atoms with E-state index in [0.717, 1.165) is 22.5 Å². The summed E-state index contributed by atoms with van der Waals surface area (Å²) in [6.45, 7) is 3.88. The topological polar surface area (TPSA) is 46.2 Å². The minimum atomic E-state index is -3.54. The Labute approximate surface area is 142 Å². The lowest BCUT2D eigenvalue weighted by atomic mass is 10.0. The Hall–Kier alpha value is -0.400. The number of nitrogens with one attached hydrogen (secondary N) is 1. The Kier molecular flexibility index (Phi) is 5.48. The van der Waals surface area contributed by atoms with E-state index in [2.05, 4.69) is 20.7 Å². The molecular formula is C14H15BrClNO2S2. The van der Waals surface area contributed by atoms with Gasteiger partial charge in [0.15, 0.2) is 0 Å². The fraction of sp³-hybridized carbons (Fsp3) is 0.286. The first-order valence-electron chi connectivity index (χ1n) is 6.31. The molecule has 0 spiro atoms. The van der Waals surface area contributed by atoms with Gasteiger partial charge in [0.1, 0.15) is 4.21 Å². The van der Waals surface area contributed by atoms with Gasteiger partial charge in [-0.2, -0.15) is 0 Å². The van der Waals surface area contributed by atoms with E-state index in [4.69, 9.17) is 11.6 Å². The average molecular weight is 409 g/mol. The van der Waals surface area contributed by atoms with Gasteiger partial charge in [-0.15, -0.1) is 11.3 Å². The van der Waals surface area contributed by atoms with Gasteiger partial charge in [0.2, 0.25) is 10.0 Å². The lowest BCUT2D eigenvalue weighted by molar-refractivity contribution is 0.561. The van der Waals surface area contributed by atoms with Gasteiger partial charge in [0.05, 0.1) is 8.81 Å². The second kappa shape index (κ2) is 6.79. The predicted molar refractivity (Wildman–Crippen MR) is 91.7 cm³/mol. The zero-order valence-corrected chi connectivity index (χ0v) is 15.5. The van der Waals surface area contributed by atoms with Crippen LogP contribution in [-0.2, 0) is 16.4 Å². The molecule has 0 saturated carbocycles. The summed E-state index contributed by atoms with van der Waals surface area (Å²) in [7, 11) is -3.54. The molecule has 0 aliphatic rings. The molecule has 1 N–H and O–H groups in total. The van der Waals surface area contributed by atoms with Crippen molar-refractivity contribution in [3.8, 4) is 0 Å². The highest BCUT2D eigenvalue weighted by molar-refractivity contribution is 9.11. The predicted octanol–water partition coefficient (Wildman–Crippen LogP) is 4.38. The SMILES string of the molecule is Cc1ccccc1CC(C)NS(=O)(=O)c1cc(Cl)c(Br)s1. The number of hydrogen-bond acceptors (Lipinski definition) is 3. The van der Waals surface area contributed by atoms with Crippen LogP contribution < -0.4 is 4.72 Å². The van der Waals surface area contributed by atoms with E-state index in [1.165, 1.54) is 6.07 Å². The van der Waals surface area contributed by atoms with E-state index >= 15 is 0 Å². The van der Waals surface area contributed by atoms with Crippen molar-refractivity contribution in [3.05, 3.63) is 50.3 Å². The van der Waals surface area contributed by atoms with Crippen LogP contribution in [0.15, 0.2) is 38.3 Å². The highest BCUT2D eigenvalue weighted by atomic mass is 79.9. The summed E-state index contributed by atoms with van der Waals surface area (Å²) >= 11 is 10.2. The van der Waals surface area contributed by atoms with E-state index < -0.39 is 10.0 Å². The minimum absolute atomic E-state index is 0.198. The number of aryl methyl sites for hydroxylation is 1. The van der Waals surface area contributed by atoms with Crippen LogP contribution in [0.4, 0.5) is 0 Å². The summed E-state index contributed by atoms with van der Waals surface area (Å²) in [5.74, 6) is 0. The summed E-state index contributed by atoms with van der Waals surface area (Å²) in [5, 5.41) is 0.409. The standard InChI is InChI=1S/C14H15BrClNO2S2/c1-9-5-3-4-6-11(9)7-10(2)17-21(18,19)13-8-12(16)14(15)20-13/h3-6,8,10,17H,7H2,1-2H3. The second-order valence-corrected chi connectivity index (χ2v) is 9.56. The first-order chi connectivity index (χ1) is 9.79. The van der Waals surface area contributed by atoms with Gasteiger partial charge < -0.3 is 0 Å². The molecule has 114 valence electrons. The van der Waals surface area contributed by atoms with Gasteiger partial charge in [-0.3, -0.25) is 0 Å². The Morgan fingerprint density at radius 3 is 2.62 bits per heavy atom. The Balaban J connectivity index is 2.11. The first kappa shape index (κ1) is 17.0. The third-order valence-electron chi connectivity index (χ3n) is 3.03. The fourth-order valence-corrected chi connectivity index (χ4v) is 5.65. The van der Waals surface area contributed by atoms with Crippen LogP contribution in [0.2, 0.25) is 5.02 Å². The van der Waals surface area contributed by atoms with Crippen LogP contribution >= 0.6 is 38.9 Å². The Morgan fingerprint density at radius 2 is 2.05 bits per heavy atom. The van der Waals surface area contributed by atoms with Crippen molar-refractivity contribution in [3.63, 3.8) is 0 Å². The molecule has 0 radical (unpaired) electrons. The zero-order chi connectivity index (χ0) is 15.6. The average Bonchev–Trinajstić information content (AvgIpc) is 2.73. The molecule has 0 bridgehead atoms. The molecule has 2 rings (SSSR count). The molecule has 1 aromatic carbocycles. The maximum atomic E-state index is 12.3. The number of thiophene rings is 1. The van der Waals surface area contributed by atoms with E-state index in [1.54, 1.807) is 0 Å². The highest BCUT2D eigenvalue weighted by Crippen LogP contribution is 2.34. The van der Waals surface area contributed by atoms with Crippen LogP contribution in [0.25, 0.3) is 0 Å². The van der Waals surface area contributed by atoms with Gasteiger partial charge in [-0.25, -0.2) is 13.1 Å². The summed E-state index contributed by atoms with van der Waals surface area (Å²) in [4.78, 5) is 0. The number of rotatable bonds is 5. The summed E-state index contributed by atoms with van der Waals surface area (Å²) in [6, 6.07) is 9.22. The Morgan fingerprint density at radius 1 is 1.38 bits per heavy atom. The molecule has 0 aliphatic carbocycles.